The maximum absolute atomic E-state index is 6.03. The standard InChI is InChI=1S/C13H14ClN5/c1-8-4-5-15-13-12(8)16-11(6-14)19(13)10-7-18(3)17-9(10)2/h4-5,7H,6H2,1-3H3. The molecule has 19 heavy (non-hydrogen) atoms. The Morgan fingerprint density at radius 1 is 1.32 bits per heavy atom. The SMILES string of the molecule is Cc1nn(C)cc1-n1c(CCl)nc2c(C)ccnc21. The number of halogens is 1. The van der Waals surface area contributed by atoms with Gasteiger partial charge in [-0.05, 0) is 25.5 Å². The number of rotatable bonds is 2. The van der Waals surface area contributed by atoms with Gasteiger partial charge in [-0.2, -0.15) is 5.10 Å². The molecule has 0 aliphatic rings. The van der Waals surface area contributed by atoms with Gasteiger partial charge >= 0.3 is 0 Å². The fourth-order valence-electron chi connectivity index (χ4n) is 2.29. The fourth-order valence-corrected chi connectivity index (χ4v) is 2.47. The molecule has 0 spiro atoms. The van der Waals surface area contributed by atoms with Crippen LogP contribution in [-0.4, -0.2) is 24.3 Å². The molecule has 0 atom stereocenters. The van der Waals surface area contributed by atoms with Crippen LogP contribution in [0.25, 0.3) is 16.9 Å². The van der Waals surface area contributed by atoms with Gasteiger partial charge in [0.15, 0.2) is 5.65 Å². The highest BCUT2D eigenvalue weighted by molar-refractivity contribution is 6.17. The molecule has 5 nitrogen and oxygen atoms in total. The van der Waals surface area contributed by atoms with E-state index < -0.39 is 0 Å². The minimum Gasteiger partial charge on any atom is -0.276 e. The normalized spacial score (nSPS) is 11.4. The molecule has 0 fully saturated rings. The lowest BCUT2D eigenvalue weighted by Crippen LogP contribution is -2.00. The molecule has 0 N–H and O–H groups in total. The van der Waals surface area contributed by atoms with E-state index in [0.717, 1.165) is 33.9 Å². The van der Waals surface area contributed by atoms with E-state index in [4.69, 9.17) is 11.6 Å². The van der Waals surface area contributed by atoms with Crippen molar-refractivity contribution >= 4 is 22.8 Å². The van der Waals surface area contributed by atoms with Crippen molar-refractivity contribution in [1.82, 2.24) is 24.3 Å². The number of pyridine rings is 1. The van der Waals surface area contributed by atoms with E-state index in [2.05, 4.69) is 15.1 Å². The highest BCUT2D eigenvalue weighted by Crippen LogP contribution is 2.24. The van der Waals surface area contributed by atoms with Crippen molar-refractivity contribution < 1.29 is 0 Å². The number of hydrogen-bond donors (Lipinski definition) is 0. The number of nitrogens with zero attached hydrogens (tertiary/aromatic N) is 5. The van der Waals surface area contributed by atoms with Crippen LogP contribution in [0.2, 0.25) is 0 Å². The van der Waals surface area contributed by atoms with Crippen LogP contribution in [-0.2, 0) is 12.9 Å². The summed E-state index contributed by atoms with van der Waals surface area (Å²) in [5.41, 5.74) is 4.71. The zero-order chi connectivity index (χ0) is 13.6. The summed E-state index contributed by atoms with van der Waals surface area (Å²) in [4.78, 5) is 9.03. The maximum Gasteiger partial charge on any atom is 0.165 e. The summed E-state index contributed by atoms with van der Waals surface area (Å²) in [5.74, 6) is 1.12. The first kappa shape index (κ1) is 12.2. The van der Waals surface area contributed by atoms with Gasteiger partial charge in [0, 0.05) is 19.4 Å². The second kappa shape index (κ2) is 4.35. The molecule has 0 aliphatic heterocycles. The van der Waals surface area contributed by atoms with E-state index in [9.17, 15) is 0 Å². The van der Waals surface area contributed by atoms with Crippen molar-refractivity contribution in [3.05, 3.63) is 35.5 Å². The van der Waals surface area contributed by atoms with E-state index in [1.165, 1.54) is 0 Å². The predicted molar refractivity (Wildman–Crippen MR) is 74.7 cm³/mol. The maximum atomic E-state index is 6.03. The summed E-state index contributed by atoms with van der Waals surface area (Å²) in [7, 11) is 1.90. The molecule has 3 aromatic heterocycles. The molecule has 0 amide bonds. The van der Waals surface area contributed by atoms with Crippen LogP contribution < -0.4 is 0 Å². The second-order valence-corrected chi connectivity index (χ2v) is 4.84. The van der Waals surface area contributed by atoms with Crippen molar-refractivity contribution in [2.75, 3.05) is 0 Å². The van der Waals surface area contributed by atoms with E-state index in [1.54, 1.807) is 10.9 Å². The Balaban J connectivity index is 2.39. The van der Waals surface area contributed by atoms with Gasteiger partial charge in [0.05, 0.1) is 17.3 Å². The lowest BCUT2D eigenvalue weighted by Gasteiger charge is -2.04. The number of imidazole rings is 1. The molecule has 3 rings (SSSR count). The number of alkyl halides is 1. The topological polar surface area (TPSA) is 48.5 Å². The summed E-state index contributed by atoms with van der Waals surface area (Å²) in [6.07, 6.45) is 3.75. The van der Waals surface area contributed by atoms with Crippen LogP contribution in [0, 0.1) is 13.8 Å². The molecule has 3 heterocycles. The molecule has 0 aromatic carbocycles. The van der Waals surface area contributed by atoms with Gasteiger partial charge in [0.2, 0.25) is 0 Å². The Labute approximate surface area is 115 Å². The van der Waals surface area contributed by atoms with Gasteiger partial charge < -0.3 is 0 Å². The third-order valence-corrected chi connectivity index (χ3v) is 3.40. The zero-order valence-electron chi connectivity index (χ0n) is 11.1. The number of hydrogen-bond acceptors (Lipinski definition) is 3. The highest BCUT2D eigenvalue weighted by Gasteiger charge is 2.17. The summed E-state index contributed by atoms with van der Waals surface area (Å²) in [5, 5.41) is 4.37. The van der Waals surface area contributed by atoms with E-state index in [0.29, 0.717) is 5.88 Å². The molecule has 0 aliphatic carbocycles. The number of fused-ring (bicyclic) bond motifs is 1. The van der Waals surface area contributed by atoms with Gasteiger partial charge in [-0.25, -0.2) is 9.97 Å². The van der Waals surface area contributed by atoms with Crippen molar-refractivity contribution in [2.45, 2.75) is 19.7 Å². The van der Waals surface area contributed by atoms with Crippen LogP contribution in [0.3, 0.4) is 0 Å². The first-order valence-electron chi connectivity index (χ1n) is 6.01. The van der Waals surface area contributed by atoms with Crippen LogP contribution in [0.4, 0.5) is 0 Å². The van der Waals surface area contributed by atoms with E-state index in [1.807, 2.05) is 37.7 Å². The molecular formula is C13H14ClN5. The van der Waals surface area contributed by atoms with Crippen LogP contribution in [0.5, 0.6) is 0 Å². The largest absolute Gasteiger partial charge is 0.276 e. The van der Waals surface area contributed by atoms with Crippen LogP contribution in [0.1, 0.15) is 17.1 Å². The zero-order valence-corrected chi connectivity index (χ0v) is 11.8. The molecule has 6 heteroatoms. The van der Waals surface area contributed by atoms with E-state index >= 15 is 0 Å². The summed E-state index contributed by atoms with van der Waals surface area (Å²) < 4.78 is 3.77. The van der Waals surface area contributed by atoms with Crippen LogP contribution >= 0.6 is 11.6 Å². The average Bonchev–Trinajstić information content (AvgIpc) is 2.90. The third kappa shape index (κ3) is 1.81. The molecule has 0 saturated carbocycles. The number of aromatic nitrogens is 5. The Hall–Kier alpha value is -1.88. The molecule has 0 radical (unpaired) electrons. The van der Waals surface area contributed by atoms with Crippen molar-refractivity contribution in [3.63, 3.8) is 0 Å². The van der Waals surface area contributed by atoms with Gasteiger partial charge in [-0.1, -0.05) is 0 Å². The Bertz CT molecular complexity index is 756. The Morgan fingerprint density at radius 3 is 2.74 bits per heavy atom. The van der Waals surface area contributed by atoms with Gasteiger partial charge in [-0.15, -0.1) is 11.6 Å². The summed E-state index contributed by atoms with van der Waals surface area (Å²) in [6, 6.07) is 1.95. The van der Waals surface area contributed by atoms with Crippen molar-refractivity contribution in [2.24, 2.45) is 7.05 Å². The lowest BCUT2D eigenvalue weighted by molar-refractivity contribution is 0.756. The monoisotopic (exact) mass is 275 g/mol. The molecule has 3 aromatic rings. The van der Waals surface area contributed by atoms with Gasteiger partial charge in [0.25, 0.3) is 0 Å². The Kier molecular flexibility index (Phi) is 2.78. The molecule has 98 valence electrons. The highest BCUT2D eigenvalue weighted by atomic mass is 35.5. The third-order valence-electron chi connectivity index (χ3n) is 3.17. The van der Waals surface area contributed by atoms with Crippen molar-refractivity contribution in [1.29, 1.82) is 0 Å². The lowest BCUT2D eigenvalue weighted by atomic mass is 10.3. The smallest absolute Gasteiger partial charge is 0.165 e. The number of aryl methyl sites for hydroxylation is 3. The fraction of sp³-hybridized carbons (Fsp3) is 0.308. The minimum absolute atomic E-state index is 0.337. The molecule has 0 unspecified atom stereocenters. The Morgan fingerprint density at radius 2 is 2.11 bits per heavy atom. The first-order valence-corrected chi connectivity index (χ1v) is 6.54. The molecule has 0 saturated heterocycles. The van der Waals surface area contributed by atoms with E-state index in [-0.39, 0.29) is 0 Å². The molecular weight excluding hydrogens is 262 g/mol. The average molecular weight is 276 g/mol. The summed E-state index contributed by atoms with van der Waals surface area (Å²) >= 11 is 6.03. The molecule has 0 bridgehead atoms. The summed E-state index contributed by atoms with van der Waals surface area (Å²) in [6.45, 7) is 3.99. The predicted octanol–water partition coefficient (Wildman–Crippen LogP) is 2.51. The van der Waals surface area contributed by atoms with Gasteiger partial charge in [-0.3, -0.25) is 9.25 Å². The minimum atomic E-state index is 0.337. The second-order valence-electron chi connectivity index (χ2n) is 4.57. The van der Waals surface area contributed by atoms with Gasteiger partial charge in [0.1, 0.15) is 11.3 Å². The first-order chi connectivity index (χ1) is 9.11. The van der Waals surface area contributed by atoms with Crippen molar-refractivity contribution in [3.8, 4) is 5.69 Å². The van der Waals surface area contributed by atoms with Crippen LogP contribution in [0.15, 0.2) is 18.5 Å². The quantitative estimate of drug-likeness (QED) is 0.675.